The first-order valence-electron chi connectivity index (χ1n) is 5.51. The molecule has 7 heteroatoms. The summed E-state index contributed by atoms with van der Waals surface area (Å²) in [7, 11) is 0. The highest BCUT2D eigenvalue weighted by atomic mass is 32.2. The predicted octanol–water partition coefficient (Wildman–Crippen LogP) is 2.80. The van der Waals surface area contributed by atoms with E-state index in [0.717, 1.165) is 5.69 Å². The minimum Gasteiger partial charge on any atom is -0.330 e. The van der Waals surface area contributed by atoms with Crippen molar-refractivity contribution < 1.29 is 9.18 Å². The summed E-state index contributed by atoms with van der Waals surface area (Å²) in [5, 5.41) is 9.12. The first kappa shape index (κ1) is 13.4. The van der Waals surface area contributed by atoms with Crippen LogP contribution in [-0.4, -0.2) is 22.4 Å². The first-order valence-corrected chi connectivity index (χ1v) is 6.74. The van der Waals surface area contributed by atoms with Crippen LogP contribution >= 0.6 is 11.9 Å². The van der Waals surface area contributed by atoms with E-state index in [9.17, 15) is 9.18 Å². The van der Waals surface area contributed by atoms with Gasteiger partial charge in [0.1, 0.15) is 5.82 Å². The maximum Gasteiger partial charge on any atom is 0.276 e. The van der Waals surface area contributed by atoms with Gasteiger partial charge in [-0.05, 0) is 31.2 Å². The third-order valence-corrected chi connectivity index (χ3v) is 2.75. The zero-order valence-electron chi connectivity index (χ0n) is 10.5. The highest BCUT2D eigenvalue weighted by Gasteiger charge is 2.10. The van der Waals surface area contributed by atoms with Crippen molar-refractivity contribution in [3.8, 4) is 0 Å². The van der Waals surface area contributed by atoms with Crippen LogP contribution in [0.3, 0.4) is 0 Å². The monoisotopic (exact) mass is 280 g/mol. The summed E-state index contributed by atoms with van der Waals surface area (Å²) in [4.78, 5) is 11.9. The van der Waals surface area contributed by atoms with Crippen LogP contribution in [0.2, 0.25) is 0 Å². The molecule has 2 aromatic rings. The lowest BCUT2D eigenvalue weighted by molar-refractivity contribution is 0.102. The molecule has 1 amide bonds. The molecule has 1 aromatic heterocycles. The van der Waals surface area contributed by atoms with E-state index in [1.807, 2.05) is 6.26 Å². The Labute approximate surface area is 114 Å². The maximum absolute atomic E-state index is 13.4. The second kappa shape index (κ2) is 5.75. The summed E-state index contributed by atoms with van der Waals surface area (Å²) in [5.74, 6) is -0.808. The van der Waals surface area contributed by atoms with Gasteiger partial charge in [-0.15, -0.1) is 0 Å². The number of nitrogens with one attached hydrogen (secondary N) is 3. The van der Waals surface area contributed by atoms with Crippen molar-refractivity contribution in [1.82, 2.24) is 10.2 Å². The SMILES string of the molecule is CSNc1cc(F)cc(NC(=O)c2cc(C)[nH]n2)c1. The van der Waals surface area contributed by atoms with E-state index in [4.69, 9.17) is 0 Å². The summed E-state index contributed by atoms with van der Waals surface area (Å²) in [6.45, 7) is 1.80. The quantitative estimate of drug-likeness (QED) is 0.753. The minimum absolute atomic E-state index is 0.265. The summed E-state index contributed by atoms with van der Waals surface area (Å²) in [6.07, 6.45) is 1.83. The van der Waals surface area contributed by atoms with E-state index < -0.39 is 5.82 Å². The maximum atomic E-state index is 13.4. The van der Waals surface area contributed by atoms with E-state index in [-0.39, 0.29) is 11.6 Å². The van der Waals surface area contributed by atoms with Gasteiger partial charge < -0.3 is 10.0 Å². The third-order valence-electron chi connectivity index (χ3n) is 2.31. The molecule has 0 bridgehead atoms. The van der Waals surface area contributed by atoms with Crippen LogP contribution in [0.1, 0.15) is 16.2 Å². The summed E-state index contributed by atoms with van der Waals surface area (Å²) in [6, 6.07) is 5.88. The molecular weight excluding hydrogens is 267 g/mol. The van der Waals surface area contributed by atoms with Crippen LogP contribution in [0, 0.1) is 12.7 Å². The van der Waals surface area contributed by atoms with Crippen LogP contribution < -0.4 is 10.0 Å². The zero-order valence-corrected chi connectivity index (χ0v) is 11.3. The van der Waals surface area contributed by atoms with Crippen molar-refractivity contribution >= 4 is 29.2 Å². The van der Waals surface area contributed by atoms with Crippen molar-refractivity contribution in [2.24, 2.45) is 0 Å². The second-order valence-electron chi connectivity index (χ2n) is 3.93. The molecule has 3 N–H and O–H groups in total. The number of benzene rings is 1. The molecule has 100 valence electrons. The van der Waals surface area contributed by atoms with Gasteiger partial charge in [-0.25, -0.2) is 4.39 Å². The van der Waals surface area contributed by atoms with E-state index >= 15 is 0 Å². The molecule has 19 heavy (non-hydrogen) atoms. The molecule has 2 rings (SSSR count). The number of aromatic nitrogens is 2. The van der Waals surface area contributed by atoms with Crippen LogP contribution in [-0.2, 0) is 0 Å². The van der Waals surface area contributed by atoms with Crippen molar-refractivity contribution in [1.29, 1.82) is 0 Å². The van der Waals surface area contributed by atoms with Crippen molar-refractivity contribution in [2.75, 3.05) is 16.3 Å². The number of aromatic amines is 1. The molecule has 1 aromatic carbocycles. The van der Waals surface area contributed by atoms with E-state index in [0.29, 0.717) is 11.4 Å². The number of hydrogen-bond donors (Lipinski definition) is 3. The highest BCUT2D eigenvalue weighted by Crippen LogP contribution is 2.20. The first-order chi connectivity index (χ1) is 9.08. The lowest BCUT2D eigenvalue weighted by atomic mass is 10.2. The number of anilines is 2. The molecule has 0 fully saturated rings. The van der Waals surface area contributed by atoms with Gasteiger partial charge in [0.15, 0.2) is 5.69 Å². The van der Waals surface area contributed by atoms with E-state index in [2.05, 4.69) is 20.2 Å². The number of amides is 1. The Morgan fingerprint density at radius 3 is 2.68 bits per heavy atom. The zero-order chi connectivity index (χ0) is 13.8. The van der Waals surface area contributed by atoms with Crippen LogP contribution in [0.15, 0.2) is 24.3 Å². The predicted molar refractivity (Wildman–Crippen MR) is 74.8 cm³/mol. The molecule has 0 atom stereocenters. The number of carbonyl (C=O) groups excluding carboxylic acids is 1. The molecule has 1 heterocycles. The number of rotatable bonds is 4. The smallest absolute Gasteiger partial charge is 0.276 e. The van der Waals surface area contributed by atoms with Crippen molar-refractivity contribution in [2.45, 2.75) is 6.92 Å². The van der Waals surface area contributed by atoms with Gasteiger partial charge in [0, 0.05) is 23.3 Å². The molecule has 0 aliphatic rings. The summed E-state index contributed by atoms with van der Waals surface area (Å²) in [5.41, 5.74) is 2.01. The molecule has 0 aliphatic carbocycles. The number of H-pyrrole nitrogens is 1. The molecule has 0 radical (unpaired) electrons. The number of aryl methyl sites for hydroxylation is 1. The van der Waals surface area contributed by atoms with E-state index in [1.165, 1.54) is 24.1 Å². The normalized spacial score (nSPS) is 10.3. The van der Waals surface area contributed by atoms with Gasteiger partial charge in [0.25, 0.3) is 5.91 Å². The average molecular weight is 280 g/mol. The fourth-order valence-corrected chi connectivity index (χ4v) is 1.92. The Kier molecular flexibility index (Phi) is 4.06. The van der Waals surface area contributed by atoms with Gasteiger partial charge >= 0.3 is 0 Å². The number of halogens is 1. The van der Waals surface area contributed by atoms with Gasteiger partial charge in [0.05, 0.1) is 0 Å². The van der Waals surface area contributed by atoms with Gasteiger partial charge in [-0.3, -0.25) is 9.89 Å². The molecule has 0 unspecified atom stereocenters. The topological polar surface area (TPSA) is 69.8 Å². The second-order valence-corrected chi connectivity index (χ2v) is 4.54. The van der Waals surface area contributed by atoms with Crippen molar-refractivity contribution in [3.05, 3.63) is 41.5 Å². The Hall–Kier alpha value is -2.02. The van der Waals surface area contributed by atoms with Gasteiger partial charge in [-0.2, -0.15) is 5.10 Å². The lowest BCUT2D eigenvalue weighted by Crippen LogP contribution is -2.12. The minimum atomic E-state index is -0.424. The Morgan fingerprint density at radius 1 is 1.32 bits per heavy atom. The summed E-state index contributed by atoms with van der Waals surface area (Å²) >= 11 is 1.34. The fourth-order valence-electron chi connectivity index (χ4n) is 1.57. The van der Waals surface area contributed by atoms with Gasteiger partial charge in [0.2, 0.25) is 0 Å². The fraction of sp³-hybridized carbons (Fsp3) is 0.167. The molecule has 0 saturated heterocycles. The van der Waals surface area contributed by atoms with Gasteiger partial charge in [-0.1, -0.05) is 11.9 Å². The van der Waals surface area contributed by atoms with Crippen LogP contribution in [0.4, 0.5) is 15.8 Å². The molecule has 0 saturated carbocycles. The number of nitrogens with zero attached hydrogens (tertiary/aromatic N) is 1. The van der Waals surface area contributed by atoms with E-state index in [1.54, 1.807) is 19.1 Å². The standard InChI is InChI=1S/C12H13FN4OS/c1-7-3-11(16-15-7)12(18)14-9-4-8(13)5-10(6-9)17-19-2/h3-6,17H,1-2H3,(H,14,18)(H,15,16). The molecule has 0 spiro atoms. The molecule has 5 nitrogen and oxygen atoms in total. The lowest BCUT2D eigenvalue weighted by Gasteiger charge is -2.07. The number of carbonyl (C=O) groups is 1. The van der Waals surface area contributed by atoms with Crippen LogP contribution in [0.25, 0.3) is 0 Å². The third kappa shape index (κ3) is 3.47. The van der Waals surface area contributed by atoms with Crippen molar-refractivity contribution in [3.63, 3.8) is 0 Å². The van der Waals surface area contributed by atoms with Crippen LogP contribution in [0.5, 0.6) is 0 Å². The number of hydrogen-bond acceptors (Lipinski definition) is 4. The Bertz CT molecular complexity index is 599. The Morgan fingerprint density at radius 2 is 2.05 bits per heavy atom. The largest absolute Gasteiger partial charge is 0.330 e. The molecular formula is C12H13FN4OS. The Balaban J connectivity index is 2.16. The average Bonchev–Trinajstić information content (AvgIpc) is 2.75. The highest BCUT2D eigenvalue weighted by molar-refractivity contribution is 7.99. The molecule has 0 aliphatic heterocycles. The summed E-state index contributed by atoms with van der Waals surface area (Å²) < 4.78 is 16.3.